The van der Waals surface area contributed by atoms with Crippen molar-refractivity contribution in [2.24, 2.45) is 0 Å². The Morgan fingerprint density at radius 3 is 3.00 bits per heavy atom. The Labute approximate surface area is 83.6 Å². The molecule has 0 saturated carbocycles. The number of carboxylic acid groups (broad SMARTS) is 1. The van der Waals surface area contributed by atoms with E-state index in [0.717, 1.165) is 18.7 Å². The first-order chi connectivity index (χ1) is 6.65. The Bertz CT molecular complexity index is 307. The van der Waals surface area contributed by atoms with Crippen molar-refractivity contribution in [1.82, 2.24) is 9.55 Å². The Kier molecular flexibility index (Phi) is 3.68. The van der Waals surface area contributed by atoms with E-state index in [1.54, 1.807) is 6.20 Å². The van der Waals surface area contributed by atoms with Crippen molar-refractivity contribution in [3.8, 4) is 0 Å². The summed E-state index contributed by atoms with van der Waals surface area (Å²) in [4.78, 5) is 14.7. The smallest absolute Gasteiger partial charge is 0.305 e. The first kappa shape index (κ1) is 10.8. The number of aromatic nitrogens is 2. The standard InChI is InChI=1S/C10H16N2O2/c1-3-4-9-11-5-6-12(9)8(2)7-10(13)14/h5-6,8H,3-4,7H2,1-2H3,(H,13,14). The van der Waals surface area contributed by atoms with Crippen LogP contribution in [-0.2, 0) is 11.2 Å². The highest BCUT2D eigenvalue weighted by molar-refractivity contribution is 5.67. The third-order valence-electron chi connectivity index (χ3n) is 2.17. The Morgan fingerprint density at radius 2 is 2.43 bits per heavy atom. The van der Waals surface area contributed by atoms with Crippen molar-refractivity contribution in [1.29, 1.82) is 0 Å². The highest BCUT2D eigenvalue weighted by Gasteiger charge is 2.12. The predicted octanol–water partition coefficient (Wildman–Crippen LogP) is 1.87. The molecule has 1 unspecified atom stereocenters. The van der Waals surface area contributed by atoms with E-state index in [0.29, 0.717) is 0 Å². The topological polar surface area (TPSA) is 55.1 Å². The van der Waals surface area contributed by atoms with Gasteiger partial charge in [-0.3, -0.25) is 4.79 Å². The third-order valence-corrected chi connectivity index (χ3v) is 2.17. The fourth-order valence-electron chi connectivity index (χ4n) is 1.51. The molecule has 0 aromatic carbocycles. The normalized spacial score (nSPS) is 12.7. The summed E-state index contributed by atoms with van der Waals surface area (Å²) < 4.78 is 1.94. The Hall–Kier alpha value is -1.32. The number of carbonyl (C=O) groups is 1. The molecule has 0 aliphatic carbocycles. The van der Waals surface area contributed by atoms with Crippen LogP contribution < -0.4 is 0 Å². The number of imidazole rings is 1. The van der Waals surface area contributed by atoms with E-state index in [4.69, 9.17) is 5.11 Å². The summed E-state index contributed by atoms with van der Waals surface area (Å²) >= 11 is 0. The molecule has 1 atom stereocenters. The van der Waals surface area contributed by atoms with Gasteiger partial charge in [-0.05, 0) is 13.3 Å². The van der Waals surface area contributed by atoms with E-state index in [1.165, 1.54) is 0 Å². The van der Waals surface area contributed by atoms with Crippen LogP contribution in [0.4, 0.5) is 0 Å². The number of hydrogen-bond donors (Lipinski definition) is 1. The van der Waals surface area contributed by atoms with Crippen molar-refractivity contribution in [2.45, 2.75) is 39.2 Å². The second-order valence-electron chi connectivity index (χ2n) is 3.45. The van der Waals surface area contributed by atoms with Crippen molar-refractivity contribution in [3.05, 3.63) is 18.2 Å². The van der Waals surface area contributed by atoms with Gasteiger partial charge in [0, 0.05) is 24.9 Å². The molecule has 0 bridgehead atoms. The molecular formula is C10H16N2O2. The van der Waals surface area contributed by atoms with Crippen molar-refractivity contribution in [2.75, 3.05) is 0 Å². The van der Waals surface area contributed by atoms with Crippen LogP contribution in [0.1, 0.15) is 38.6 Å². The first-order valence-corrected chi connectivity index (χ1v) is 4.88. The van der Waals surface area contributed by atoms with Gasteiger partial charge in [0.1, 0.15) is 5.82 Å². The molecule has 0 aliphatic rings. The molecule has 0 radical (unpaired) electrons. The number of aliphatic carboxylic acids is 1. The summed E-state index contributed by atoms with van der Waals surface area (Å²) in [5, 5.41) is 8.67. The van der Waals surface area contributed by atoms with Gasteiger partial charge in [0.15, 0.2) is 0 Å². The molecule has 14 heavy (non-hydrogen) atoms. The maximum absolute atomic E-state index is 10.5. The number of hydrogen-bond acceptors (Lipinski definition) is 2. The fourth-order valence-corrected chi connectivity index (χ4v) is 1.51. The summed E-state index contributed by atoms with van der Waals surface area (Å²) in [7, 11) is 0. The minimum Gasteiger partial charge on any atom is -0.481 e. The average molecular weight is 196 g/mol. The second kappa shape index (κ2) is 4.79. The van der Waals surface area contributed by atoms with Gasteiger partial charge in [0.2, 0.25) is 0 Å². The summed E-state index contributed by atoms with van der Waals surface area (Å²) in [6.07, 6.45) is 5.64. The maximum Gasteiger partial charge on any atom is 0.305 e. The molecule has 0 aliphatic heterocycles. The van der Waals surface area contributed by atoms with Crippen molar-refractivity contribution >= 4 is 5.97 Å². The number of rotatable bonds is 5. The predicted molar refractivity (Wildman–Crippen MR) is 53.2 cm³/mol. The minimum absolute atomic E-state index is 0.0171. The molecule has 0 fully saturated rings. The summed E-state index contributed by atoms with van der Waals surface area (Å²) in [5.74, 6) is 0.204. The SMILES string of the molecule is CCCc1nccn1C(C)CC(=O)O. The van der Waals surface area contributed by atoms with Crippen molar-refractivity contribution < 1.29 is 9.90 Å². The average Bonchev–Trinajstić information content (AvgIpc) is 2.51. The highest BCUT2D eigenvalue weighted by atomic mass is 16.4. The number of aryl methyl sites for hydroxylation is 1. The number of nitrogens with zero attached hydrogens (tertiary/aromatic N) is 2. The van der Waals surface area contributed by atoms with Gasteiger partial charge in [-0.25, -0.2) is 4.98 Å². The fraction of sp³-hybridized carbons (Fsp3) is 0.600. The molecule has 1 aromatic heterocycles. The quantitative estimate of drug-likeness (QED) is 0.782. The van der Waals surface area contributed by atoms with E-state index in [9.17, 15) is 4.79 Å². The molecule has 1 aromatic rings. The molecule has 0 saturated heterocycles. The lowest BCUT2D eigenvalue weighted by atomic mass is 10.2. The van der Waals surface area contributed by atoms with Gasteiger partial charge in [0.25, 0.3) is 0 Å². The van der Waals surface area contributed by atoms with Crippen LogP contribution in [-0.4, -0.2) is 20.6 Å². The van der Waals surface area contributed by atoms with Gasteiger partial charge in [-0.2, -0.15) is 0 Å². The summed E-state index contributed by atoms with van der Waals surface area (Å²) in [6.45, 7) is 3.98. The Balaban J connectivity index is 2.72. The lowest BCUT2D eigenvalue weighted by Gasteiger charge is -2.13. The zero-order valence-electron chi connectivity index (χ0n) is 8.60. The lowest BCUT2D eigenvalue weighted by molar-refractivity contribution is -0.137. The van der Waals surface area contributed by atoms with Gasteiger partial charge in [-0.15, -0.1) is 0 Å². The van der Waals surface area contributed by atoms with Crippen LogP contribution >= 0.6 is 0 Å². The zero-order chi connectivity index (χ0) is 10.6. The second-order valence-corrected chi connectivity index (χ2v) is 3.45. The van der Waals surface area contributed by atoms with E-state index in [2.05, 4.69) is 11.9 Å². The monoisotopic (exact) mass is 196 g/mol. The third kappa shape index (κ3) is 2.58. The maximum atomic E-state index is 10.5. The van der Waals surface area contributed by atoms with Crippen LogP contribution in [0.2, 0.25) is 0 Å². The molecule has 1 N–H and O–H groups in total. The molecule has 0 spiro atoms. The van der Waals surface area contributed by atoms with Gasteiger partial charge >= 0.3 is 5.97 Å². The summed E-state index contributed by atoms with van der Waals surface area (Å²) in [5.41, 5.74) is 0. The van der Waals surface area contributed by atoms with Gasteiger partial charge in [0.05, 0.1) is 6.42 Å². The summed E-state index contributed by atoms with van der Waals surface area (Å²) in [6, 6.07) is -0.0171. The minimum atomic E-state index is -0.770. The molecular weight excluding hydrogens is 180 g/mol. The van der Waals surface area contributed by atoms with Crippen LogP contribution in [0.25, 0.3) is 0 Å². The van der Waals surface area contributed by atoms with E-state index in [1.807, 2.05) is 17.7 Å². The zero-order valence-corrected chi connectivity index (χ0v) is 8.60. The van der Waals surface area contributed by atoms with E-state index < -0.39 is 5.97 Å². The number of carboxylic acids is 1. The first-order valence-electron chi connectivity index (χ1n) is 4.88. The van der Waals surface area contributed by atoms with Crippen LogP contribution in [0.15, 0.2) is 12.4 Å². The largest absolute Gasteiger partial charge is 0.481 e. The molecule has 1 heterocycles. The highest BCUT2D eigenvalue weighted by Crippen LogP contribution is 2.14. The van der Waals surface area contributed by atoms with E-state index in [-0.39, 0.29) is 12.5 Å². The van der Waals surface area contributed by atoms with Gasteiger partial charge < -0.3 is 9.67 Å². The molecule has 78 valence electrons. The van der Waals surface area contributed by atoms with Crippen LogP contribution in [0, 0.1) is 0 Å². The van der Waals surface area contributed by atoms with Crippen LogP contribution in [0.3, 0.4) is 0 Å². The molecule has 4 heteroatoms. The van der Waals surface area contributed by atoms with Crippen molar-refractivity contribution in [3.63, 3.8) is 0 Å². The molecule has 1 rings (SSSR count). The van der Waals surface area contributed by atoms with Gasteiger partial charge in [-0.1, -0.05) is 6.92 Å². The molecule has 0 amide bonds. The molecule has 4 nitrogen and oxygen atoms in total. The Morgan fingerprint density at radius 1 is 1.71 bits per heavy atom. The van der Waals surface area contributed by atoms with Crippen LogP contribution in [0.5, 0.6) is 0 Å². The lowest BCUT2D eigenvalue weighted by Crippen LogP contribution is -2.12. The van der Waals surface area contributed by atoms with E-state index >= 15 is 0 Å².